The van der Waals surface area contributed by atoms with Crippen LogP contribution in [0.4, 0.5) is 13.2 Å². The molecule has 168 valence electrons. The van der Waals surface area contributed by atoms with Gasteiger partial charge in [-0.25, -0.2) is 0 Å². The zero-order valence-corrected chi connectivity index (χ0v) is 22.0. The molecule has 7 heteroatoms. The van der Waals surface area contributed by atoms with E-state index in [1.165, 1.54) is 6.08 Å². The van der Waals surface area contributed by atoms with Gasteiger partial charge in [0.05, 0.1) is 0 Å². The summed E-state index contributed by atoms with van der Waals surface area (Å²) in [4.78, 5) is 0. The average molecular weight is 533 g/mol. The minimum atomic E-state index is -5.23. The Kier molecular flexibility index (Phi) is 14.5. The Bertz CT molecular complexity index is 521. The molecule has 0 heterocycles. The standard InChI is InChI=1S/C9H14F3O2S.3C4H9.Sn/c1-2-3-4-5-6-7-8-15(13,14)9(10,11)12;3*1-3-4-2;/h7H,2-6H2,1H3;3*1,3-4H2,2H3;. The summed E-state index contributed by atoms with van der Waals surface area (Å²) in [6.07, 6.45) is 11.0. The van der Waals surface area contributed by atoms with E-state index in [1.54, 1.807) is 0 Å². The molecule has 0 radical (unpaired) electrons. The van der Waals surface area contributed by atoms with Gasteiger partial charge in [-0.2, -0.15) is 0 Å². The van der Waals surface area contributed by atoms with Crippen LogP contribution in [-0.4, -0.2) is 32.3 Å². The molecule has 0 rings (SSSR count). The topological polar surface area (TPSA) is 34.1 Å². The van der Waals surface area contributed by atoms with Crippen molar-refractivity contribution >= 4 is 28.2 Å². The first-order valence-corrected chi connectivity index (χ1v) is 20.1. The number of sulfone groups is 1. The summed E-state index contributed by atoms with van der Waals surface area (Å²) in [5, 5.41) is 0. The molecule has 0 aromatic rings. The molecule has 0 saturated carbocycles. The maximum atomic E-state index is 13.6. The Labute approximate surface area is 175 Å². The zero-order valence-electron chi connectivity index (χ0n) is 18.3. The molecular weight excluding hydrogens is 492 g/mol. The third-order valence-electron chi connectivity index (χ3n) is 5.53. The van der Waals surface area contributed by atoms with Gasteiger partial charge in [0.1, 0.15) is 0 Å². The van der Waals surface area contributed by atoms with Crippen LogP contribution < -0.4 is 0 Å². The summed E-state index contributed by atoms with van der Waals surface area (Å²) in [7, 11) is -5.23. The van der Waals surface area contributed by atoms with E-state index in [-0.39, 0.29) is 2.92 Å². The van der Waals surface area contributed by atoms with Crippen LogP contribution in [0.15, 0.2) is 9.00 Å². The molecule has 0 fully saturated rings. The first kappa shape index (κ1) is 28.3. The van der Waals surface area contributed by atoms with E-state index < -0.39 is 33.7 Å². The number of unbranched alkanes of at least 4 members (excludes halogenated alkanes) is 7. The molecule has 0 aliphatic carbocycles. The molecule has 0 spiro atoms. The van der Waals surface area contributed by atoms with E-state index in [2.05, 4.69) is 6.92 Å². The molecule has 0 unspecified atom stereocenters. The Balaban J connectivity index is 6.18. The van der Waals surface area contributed by atoms with Crippen molar-refractivity contribution in [2.45, 2.75) is 117 Å². The molecule has 0 aliphatic heterocycles. The molecule has 0 aliphatic rings. The van der Waals surface area contributed by atoms with Gasteiger partial charge in [-0.15, -0.1) is 0 Å². The van der Waals surface area contributed by atoms with Gasteiger partial charge in [0.15, 0.2) is 0 Å². The predicted octanol–water partition coefficient (Wildman–Crippen LogP) is 8.16. The van der Waals surface area contributed by atoms with E-state index in [0.717, 1.165) is 77.5 Å². The van der Waals surface area contributed by atoms with Crippen LogP contribution in [0.3, 0.4) is 0 Å². The molecular formula is C21H41F3O2SSn. The molecule has 0 atom stereocenters. The van der Waals surface area contributed by atoms with Gasteiger partial charge in [-0.05, 0) is 0 Å². The van der Waals surface area contributed by atoms with E-state index in [4.69, 9.17) is 0 Å². The van der Waals surface area contributed by atoms with Crippen molar-refractivity contribution in [3.05, 3.63) is 9.00 Å². The van der Waals surface area contributed by atoms with Crippen LogP contribution in [0.25, 0.3) is 0 Å². The number of alkyl halides is 3. The molecule has 0 aromatic carbocycles. The van der Waals surface area contributed by atoms with Gasteiger partial charge < -0.3 is 0 Å². The second-order valence-electron chi connectivity index (χ2n) is 7.96. The van der Waals surface area contributed by atoms with E-state index in [1.807, 2.05) is 20.8 Å². The van der Waals surface area contributed by atoms with Crippen molar-refractivity contribution in [1.29, 1.82) is 0 Å². The fourth-order valence-electron chi connectivity index (χ4n) is 3.83. The molecule has 0 amide bonds. The molecule has 2 nitrogen and oxygen atoms in total. The van der Waals surface area contributed by atoms with E-state index in [9.17, 15) is 21.6 Å². The number of hydrogen-bond acceptors (Lipinski definition) is 2. The molecule has 0 aromatic heterocycles. The second kappa shape index (κ2) is 14.3. The van der Waals surface area contributed by atoms with Crippen LogP contribution in [0, 0.1) is 0 Å². The van der Waals surface area contributed by atoms with Gasteiger partial charge in [-0.1, -0.05) is 0 Å². The normalized spacial score (nSPS) is 13.9. The van der Waals surface area contributed by atoms with Crippen molar-refractivity contribution in [2.75, 3.05) is 0 Å². The van der Waals surface area contributed by atoms with Gasteiger partial charge in [0.25, 0.3) is 0 Å². The van der Waals surface area contributed by atoms with Crippen molar-refractivity contribution in [3.8, 4) is 0 Å². The number of halogens is 3. The minimum absolute atomic E-state index is 0.124. The Morgan fingerprint density at radius 2 is 1.18 bits per heavy atom. The van der Waals surface area contributed by atoms with Gasteiger partial charge in [-0.3, -0.25) is 0 Å². The summed E-state index contributed by atoms with van der Waals surface area (Å²) >= 11 is -3.70. The molecule has 28 heavy (non-hydrogen) atoms. The van der Waals surface area contributed by atoms with Crippen molar-refractivity contribution < 1.29 is 21.6 Å². The fraction of sp³-hybridized carbons (Fsp3) is 0.905. The van der Waals surface area contributed by atoms with E-state index in [0.29, 0.717) is 6.42 Å². The Morgan fingerprint density at radius 1 is 0.750 bits per heavy atom. The number of hydrogen-bond donors (Lipinski definition) is 0. The van der Waals surface area contributed by atoms with Crippen LogP contribution in [0.5, 0.6) is 0 Å². The third kappa shape index (κ3) is 8.97. The second-order valence-corrected chi connectivity index (χ2v) is 24.0. The molecule has 0 saturated heterocycles. The number of rotatable bonds is 16. The van der Waals surface area contributed by atoms with Crippen LogP contribution in [0.2, 0.25) is 13.3 Å². The monoisotopic (exact) mass is 534 g/mol. The summed E-state index contributed by atoms with van der Waals surface area (Å²) < 4.78 is 68.2. The quantitative estimate of drug-likeness (QED) is 0.148. The summed E-state index contributed by atoms with van der Waals surface area (Å²) in [6, 6.07) is 0. The van der Waals surface area contributed by atoms with Crippen LogP contribution in [0.1, 0.15) is 98.3 Å². The van der Waals surface area contributed by atoms with Crippen LogP contribution >= 0.6 is 0 Å². The Hall–Kier alpha value is 0.279. The maximum absolute atomic E-state index is 13.6. The van der Waals surface area contributed by atoms with Gasteiger partial charge >= 0.3 is 176 Å². The fourth-order valence-corrected chi connectivity index (χ4v) is 27.6. The predicted molar refractivity (Wildman–Crippen MR) is 117 cm³/mol. The summed E-state index contributed by atoms with van der Waals surface area (Å²) in [6.45, 7) is 8.17. The third-order valence-corrected chi connectivity index (χ3v) is 26.9. The summed E-state index contributed by atoms with van der Waals surface area (Å²) in [5.74, 6) is 0. The van der Waals surface area contributed by atoms with Crippen LogP contribution in [-0.2, 0) is 9.84 Å². The Morgan fingerprint density at radius 3 is 1.54 bits per heavy atom. The first-order chi connectivity index (χ1) is 13.1. The summed E-state index contributed by atoms with van der Waals surface area (Å²) in [5.41, 5.74) is -5.19. The molecule has 0 bridgehead atoms. The van der Waals surface area contributed by atoms with E-state index >= 15 is 0 Å². The first-order valence-electron chi connectivity index (χ1n) is 11.1. The van der Waals surface area contributed by atoms with Gasteiger partial charge in [0, 0.05) is 0 Å². The zero-order chi connectivity index (χ0) is 21.7. The average Bonchev–Trinajstić information content (AvgIpc) is 2.63. The van der Waals surface area contributed by atoms with Crippen molar-refractivity contribution in [2.24, 2.45) is 0 Å². The van der Waals surface area contributed by atoms with Gasteiger partial charge in [0.2, 0.25) is 0 Å². The van der Waals surface area contributed by atoms with Crippen molar-refractivity contribution in [1.82, 2.24) is 0 Å². The molecule has 0 N–H and O–H groups in total. The SMILES string of the molecule is CCCCCC/C=[C](/S(=O)(=O)C(F)(F)F)[Sn]([CH2]CCC)([CH2]CCC)[CH2]CCC. The number of allylic oxidation sites excluding steroid dienone is 1. The van der Waals surface area contributed by atoms with Crippen molar-refractivity contribution in [3.63, 3.8) is 0 Å².